The molecule has 1 saturated carbocycles. The first-order valence-electron chi connectivity index (χ1n) is 9.40. The molecule has 0 bridgehead atoms. The summed E-state index contributed by atoms with van der Waals surface area (Å²) in [6.45, 7) is 2.59. The molecule has 1 aromatic rings. The van der Waals surface area contributed by atoms with Crippen LogP contribution in [0.15, 0.2) is 29.3 Å². The second kappa shape index (κ2) is 12.1. The number of sulfone groups is 1. The maximum absolute atomic E-state index is 12.1. The Hall–Kier alpha value is -0.680. The smallest absolute Gasteiger partial charge is 0.191 e. The van der Waals surface area contributed by atoms with E-state index >= 15 is 0 Å². The van der Waals surface area contributed by atoms with Crippen LogP contribution in [0.3, 0.4) is 0 Å². The van der Waals surface area contributed by atoms with Crippen molar-refractivity contribution in [2.24, 2.45) is 4.99 Å². The number of hydrogen-bond donors (Lipinski definition) is 2. The Balaban J connectivity index is 0.00000392. The van der Waals surface area contributed by atoms with Gasteiger partial charge in [0.05, 0.1) is 5.75 Å². The second-order valence-electron chi connectivity index (χ2n) is 7.11. The van der Waals surface area contributed by atoms with Gasteiger partial charge in [-0.2, -0.15) is 0 Å². The molecule has 0 spiro atoms. The molecule has 0 aliphatic heterocycles. The van der Waals surface area contributed by atoms with Gasteiger partial charge in [-0.25, -0.2) is 8.42 Å². The minimum atomic E-state index is -3.02. The molecular formula is C19H32IN3O3S2. The number of guanidine groups is 1. The van der Waals surface area contributed by atoms with Crippen molar-refractivity contribution in [2.75, 3.05) is 19.1 Å². The summed E-state index contributed by atoms with van der Waals surface area (Å²) in [5.41, 5.74) is 1.85. The van der Waals surface area contributed by atoms with Gasteiger partial charge in [-0.05, 0) is 30.4 Å². The summed E-state index contributed by atoms with van der Waals surface area (Å²) in [4.78, 5) is 4.29. The lowest BCUT2D eigenvalue weighted by molar-refractivity contribution is 0.413. The van der Waals surface area contributed by atoms with Crippen LogP contribution < -0.4 is 10.6 Å². The third kappa shape index (κ3) is 8.77. The molecule has 3 unspecified atom stereocenters. The first-order valence-corrected chi connectivity index (χ1v) is 12.8. The highest BCUT2D eigenvalue weighted by Crippen LogP contribution is 2.23. The predicted molar refractivity (Wildman–Crippen MR) is 128 cm³/mol. The molecule has 1 aliphatic rings. The molecule has 1 aromatic carbocycles. The van der Waals surface area contributed by atoms with Gasteiger partial charge in [-0.3, -0.25) is 9.20 Å². The monoisotopic (exact) mass is 541 g/mol. The first-order chi connectivity index (χ1) is 12.8. The van der Waals surface area contributed by atoms with Crippen LogP contribution in [0.5, 0.6) is 0 Å². The highest BCUT2D eigenvalue weighted by molar-refractivity contribution is 14.0. The molecule has 2 N–H and O–H groups in total. The van der Waals surface area contributed by atoms with E-state index in [1.807, 2.05) is 31.2 Å². The van der Waals surface area contributed by atoms with Gasteiger partial charge >= 0.3 is 0 Å². The van der Waals surface area contributed by atoms with Crippen LogP contribution in [-0.2, 0) is 32.9 Å². The number of halogens is 1. The molecule has 0 amide bonds. The minimum absolute atomic E-state index is 0. The molecule has 160 valence electrons. The maximum atomic E-state index is 12.1. The Labute approximate surface area is 188 Å². The van der Waals surface area contributed by atoms with Gasteiger partial charge in [-0.15, -0.1) is 24.0 Å². The number of rotatable bonds is 7. The fourth-order valence-electron chi connectivity index (χ4n) is 3.38. The van der Waals surface area contributed by atoms with Crippen LogP contribution in [0.1, 0.15) is 43.7 Å². The zero-order valence-corrected chi connectivity index (χ0v) is 20.8. The van der Waals surface area contributed by atoms with Crippen molar-refractivity contribution in [3.8, 4) is 0 Å². The summed E-state index contributed by atoms with van der Waals surface area (Å²) in [6, 6.07) is 7.85. The van der Waals surface area contributed by atoms with Gasteiger partial charge in [0.2, 0.25) is 0 Å². The van der Waals surface area contributed by atoms with Crippen molar-refractivity contribution in [3.05, 3.63) is 35.4 Å². The highest BCUT2D eigenvalue weighted by Gasteiger charge is 2.25. The number of nitrogens with zero attached hydrogens (tertiary/aromatic N) is 1. The van der Waals surface area contributed by atoms with Gasteiger partial charge in [0.1, 0.15) is 0 Å². The molecule has 0 heterocycles. The summed E-state index contributed by atoms with van der Waals surface area (Å²) < 4.78 is 34.8. The fraction of sp³-hybridized carbons (Fsp3) is 0.632. The molecule has 0 saturated heterocycles. The van der Waals surface area contributed by atoms with Gasteiger partial charge in [0, 0.05) is 47.7 Å². The van der Waals surface area contributed by atoms with Crippen LogP contribution in [0, 0.1) is 0 Å². The zero-order chi connectivity index (χ0) is 19.9. The topological polar surface area (TPSA) is 87.6 Å². The average Bonchev–Trinajstić information content (AvgIpc) is 2.64. The highest BCUT2D eigenvalue weighted by atomic mass is 127. The Morgan fingerprint density at radius 1 is 1.21 bits per heavy atom. The van der Waals surface area contributed by atoms with E-state index in [9.17, 15) is 12.6 Å². The third-order valence-corrected chi connectivity index (χ3v) is 7.36. The third-order valence-electron chi connectivity index (χ3n) is 4.76. The van der Waals surface area contributed by atoms with E-state index < -0.39 is 20.6 Å². The Morgan fingerprint density at radius 2 is 1.86 bits per heavy atom. The Morgan fingerprint density at radius 3 is 2.43 bits per heavy atom. The first kappa shape index (κ1) is 25.4. The Bertz CT molecular complexity index is 767. The van der Waals surface area contributed by atoms with Crippen molar-refractivity contribution < 1.29 is 12.6 Å². The van der Waals surface area contributed by atoms with Crippen molar-refractivity contribution >= 4 is 50.6 Å². The normalized spacial score (nSPS) is 21.5. The van der Waals surface area contributed by atoms with Crippen LogP contribution in [0.2, 0.25) is 0 Å². The van der Waals surface area contributed by atoms with Crippen molar-refractivity contribution in [1.29, 1.82) is 0 Å². The quantitative estimate of drug-likeness (QED) is 0.315. The number of nitrogens with one attached hydrogen (secondary N) is 2. The van der Waals surface area contributed by atoms with Crippen LogP contribution in [0.4, 0.5) is 0 Å². The lowest BCUT2D eigenvalue weighted by Crippen LogP contribution is -2.46. The largest absolute Gasteiger partial charge is 0.354 e. The predicted octanol–water partition coefficient (Wildman–Crippen LogP) is 2.59. The summed E-state index contributed by atoms with van der Waals surface area (Å²) in [6.07, 6.45) is 5.36. The van der Waals surface area contributed by atoms with E-state index in [2.05, 4.69) is 15.6 Å². The summed E-state index contributed by atoms with van der Waals surface area (Å²) >= 11 is 0. The van der Waals surface area contributed by atoms with Gasteiger partial charge in [-0.1, -0.05) is 37.6 Å². The summed E-state index contributed by atoms with van der Waals surface area (Å²) in [5.74, 6) is 1.52. The van der Waals surface area contributed by atoms with Crippen molar-refractivity contribution in [1.82, 2.24) is 10.6 Å². The molecule has 1 fully saturated rings. The van der Waals surface area contributed by atoms with Gasteiger partial charge in [0.25, 0.3) is 0 Å². The summed E-state index contributed by atoms with van der Waals surface area (Å²) in [5, 5.41) is 7.04. The number of benzene rings is 1. The standard InChI is InChI=1S/C19H31N3O3S2.HI/c1-4-26(23)18-7-5-6-17(12-18)22-19(20-2)21-13-15-8-10-16(11-9-15)14-27(3,24)25;/h8-11,17-18H,4-7,12-14H2,1-3H3,(H2,20,21,22);1H. The van der Waals surface area contributed by atoms with Gasteiger partial charge < -0.3 is 10.6 Å². The van der Waals surface area contributed by atoms with Crippen LogP contribution in [0.25, 0.3) is 0 Å². The zero-order valence-electron chi connectivity index (χ0n) is 16.8. The SMILES string of the molecule is CCS(=O)C1CCCC(NC(=NC)NCc2ccc(CS(C)(=O)=O)cc2)C1.I. The molecule has 9 heteroatoms. The molecule has 28 heavy (non-hydrogen) atoms. The molecule has 0 radical (unpaired) electrons. The lowest BCUT2D eigenvalue weighted by Gasteiger charge is -2.30. The van der Waals surface area contributed by atoms with Crippen molar-refractivity contribution in [3.63, 3.8) is 0 Å². The average molecular weight is 542 g/mol. The van der Waals surface area contributed by atoms with E-state index in [-0.39, 0.29) is 35.0 Å². The van der Waals surface area contributed by atoms with E-state index in [0.29, 0.717) is 12.6 Å². The van der Waals surface area contributed by atoms with Gasteiger partial charge in [0.15, 0.2) is 15.8 Å². The Kier molecular flexibility index (Phi) is 11.0. The molecule has 2 rings (SSSR count). The maximum Gasteiger partial charge on any atom is 0.191 e. The van der Waals surface area contributed by atoms with Crippen LogP contribution in [-0.4, -0.2) is 48.9 Å². The number of aliphatic imine (C=N–C) groups is 1. The molecule has 1 aliphatic carbocycles. The van der Waals surface area contributed by atoms with Crippen molar-refractivity contribution in [2.45, 2.75) is 56.2 Å². The summed E-state index contributed by atoms with van der Waals surface area (Å²) in [7, 11) is -2.01. The molecule has 3 atom stereocenters. The second-order valence-corrected chi connectivity index (χ2v) is 11.3. The van der Waals surface area contributed by atoms with E-state index in [1.165, 1.54) is 6.26 Å². The number of hydrogen-bond acceptors (Lipinski definition) is 4. The fourth-order valence-corrected chi connectivity index (χ4v) is 5.53. The van der Waals surface area contributed by atoms with E-state index in [0.717, 1.165) is 48.5 Å². The van der Waals surface area contributed by atoms with E-state index in [1.54, 1.807) is 7.05 Å². The van der Waals surface area contributed by atoms with E-state index in [4.69, 9.17) is 0 Å². The van der Waals surface area contributed by atoms with Crippen LogP contribution >= 0.6 is 24.0 Å². The lowest BCUT2D eigenvalue weighted by atomic mass is 9.95. The molecular weight excluding hydrogens is 509 g/mol. The molecule has 6 nitrogen and oxygen atoms in total. The molecule has 0 aromatic heterocycles. The minimum Gasteiger partial charge on any atom is -0.354 e.